The van der Waals surface area contributed by atoms with E-state index in [1.165, 1.54) is 0 Å². The zero-order chi connectivity index (χ0) is 11.8. The normalized spacial score (nSPS) is 20.6. The fourth-order valence-electron chi connectivity index (χ4n) is 1.89. The number of hydrogen-bond acceptors (Lipinski definition) is 4. The van der Waals surface area contributed by atoms with Gasteiger partial charge in [0, 0.05) is 18.8 Å². The van der Waals surface area contributed by atoms with Crippen molar-refractivity contribution in [3.05, 3.63) is 11.6 Å². The fraction of sp³-hybridized carbons (Fsp3) is 0.600. The first-order valence-corrected chi connectivity index (χ1v) is 5.06. The minimum Gasteiger partial charge on any atom is -0.424 e. The Morgan fingerprint density at radius 3 is 2.56 bits per heavy atom. The van der Waals surface area contributed by atoms with Gasteiger partial charge >= 0.3 is 0 Å². The number of nitrogens with zero attached hydrogens (tertiary/aromatic N) is 2. The Kier molecular flexibility index (Phi) is 2.54. The summed E-state index contributed by atoms with van der Waals surface area (Å²) in [5.74, 6) is -2.45. The highest BCUT2D eigenvalue weighted by Crippen LogP contribution is 2.41. The van der Waals surface area contributed by atoms with Gasteiger partial charge in [-0.25, -0.2) is 13.8 Å². The fourth-order valence-corrected chi connectivity index (χ4v) is 1.89. The molecule has 0 saturated heterocycles. The van der Waals surface area contributed by atoms with Crippen molar-refractivity contribution in [2.24, 2.45) is 0 Å². The van der Waals surface area contributed by atoms with Gasteiger partial charge in [0.05, 0.1) is 0 Å². The van der Waals surface area contributed by atoms with Crippen LogP contribution in [0.3, 0.4) is 0 Å². The monoisotopic (exact) mass is 227 g/mol. The zero-order valence-corrected chi connectivity index (χ0v) is 8.54. The van der Waals surface area contributed by atoms with E-state index in [0.29, 0.717) is 18.7 Å². The largest absolute Gasteiger partial charge is 0.424 e. The lowest BCUT2D eigenvalue weighted by Crippen LogP contribution is -2.23. The molecule has 1 aliphatic carbocycles. The molecule has 1 fully saturated rings. The van der Waals surface area contributed by atoms with Crippen LogP contribution in [0.5, 0.6) is 0 Å². The van der Waals surface area contributed by atoms with Gasteiger partial charge in [-0.15, -0.1) is 0 Å². The van der Waals surface area contributed by atoms with Crippen molar-refractivity contribution in [3.8, 4) is 6.07 Å². The molecule has 1 saturated carbocycles. The van der Waals surface area contributed by atoms with Gasteiger partial charge in [-0.1, -0.05) is 0 Å². The molecule has 0 spiro atoms. The van der Waals surface area contributed by atoms with Crippen LogP contribution in [-0.4, -0.2) is 10.9 Å². The van der Waals surface area contributed by atoms with Crippen LogP contribution in [0, 0.1) is 11.3 Å². The van der Waals surface area contributed by atoms with E-state index in [4.69, 9.17) is 15.4 Å². The molecule has 0 amide bonds. The minimum atomic E-state index is -2.58. The summed E-state index contributed by atoms with van der Waals surface area (Å²) in [6, 6.07) is 1.79. The van der Waals surface area contributed by atoms with E-state index in [2.05, 4.69) is 4.98 Å². The lowest BCUT2D eigenvalue weighted by molar-refractivity contribution is -0.0398. The second-order valence-corrected chi connectivity index (χ2v) is 4.01. The van der Waals surface area contributed by atoms with E-state index in [9.17, 15) is 8.78 Å². The Balaban J connectivity index is 2.12. The first-order chi connectivity index (χ1) is 7.52. The van der Waals surface area contributed by atoms with Crippen LogP contribution < -0.4 is 5.73 Å². The molecule has 0 aliphatic heterocycles. The van der Waals surface area contributed by atoms with Crippen molar-refractivity contribution in [3.63, 3.8) is 0 Å². The van der Waals surface area contributed by atoms with Crippen LogP contribution >= 0.6 is 0 Å². The third-order valence-electron chi connectivity index (χ3n) is 2.84. The molecular formula is C10H11F2N3O. The van der Waals surface area contributed by atoms with Gasteiger partial charge in [0.2, 0.25) is 23.4 Å². The molecule has 1 aliphatic rings. The average molecular weight is 227 g/mol. The summed E-state index contributed by atoms with van der Waals surface area (Å²) in [7, 11) is 0. The molecule has 0 atom stereocenters. The Hall–Kier alpha value is -1.64. The first kappa shape index (κ1) is 10.9. The Labute approximate surface area is 91.1 Å². The summed E-state index contributed by atoms with van der Waals surface area (Å²) in [6.45, 7) is 0. The standard InChI is InChI=1S/C10H11F2N3O/c11-10(12)3-1-6(2-4-10)9-15-7(5-13)8(14)16-9/h6H,1-4,14H2. The van der Waals surface area contributed by atoms with Gasteiger partial charge in [-0.05, 0) is 12.8 Å². The second kappa shape index (κ2) is 3.74. The first-order valence-electron chi connectivity index (χ1n) is 5.06. The lowest BCUT2D eigenvalue weighted by atomic mass is 9.87. The van der Waals surface area contributed by atoms with Crippen LogP contribution in [0.4, 0.5) is 14.7 Å². The van der Waals surface area contributed by atoms with E-state index in [1.54, 1.807) is 6.07 Å². The van der Waals surface area contributed by atoms with Gasteiger partial charge in [0.25, 0.3) is 0 Å². The Morgan fingerprint density at radius 1 is 1.44 bits per heavy atom. The number of nitrogens with two attached hydrogens (primary N) is 1. The molecule has 86 valence electrons. The van der Waals surface area contributed by atoms with Crippen molar-refractivity contribution in [2.75, 3.05) is 5.73 Å². The van der Waals surface area contributed by atoms with Gasteiger partial charge in [-0.3, -0.25) is 0 Å². The molecule has 16 heavy (non-hydrogen) atoms. The topological polar surface area (TPSA) is 75.8 Å². The number of rotatable bonds is 1. The second-order valence-electron chi connectivity index (χ2n) is 4.01. The van der Waals surface area contributed by atoms with Crippen LogP contribution in [0.1, 0.15) is 43.2 Å². The van der Waals surface area contributed by atoms with Crippen LogP contribution in [-0.2, 0) is 0 Å². The Bertz CT molecular complexity index is 426. The van der Waals surface area contributed by atoms with E-state index < -0.39 is 5.92 Å². The predicted octanol–water partition coefficient (Wildman–Crippen LogP) is 2.42. The number of anilines is 1. The maximum Gasteiger partial charge on any atom is 0.248 e. The summed E-state index contributed by atoms with van der Waals surface area (Å²) in [5.41, 5.74) is 5.45. The summed E-state index contributed by atoms with van der Waals surface area (Å²) in [6.07, 6.45) is 0.305. The molecule has 1 aromatic heterocycles. The van der Waals surface area contributed by atoms with Gasteiger partial charge in [-0.2, -0.15) is 5.26 Å². The van der Waals surface area contributed by atoms with Crippen LogP contribution in [0.2, 0.25) is 0 Å². The number of nitriles is 1. The third kappa shape index (κ3) is 1.98. The molecule has 0 aromatic carbocycles. The van der Waals surface area contributed by atoms with Crippen molar-refractivity contribution < 1.29 is 13.2 Å². The summed E-state index contributed by atoms with van der Waals surface area (Å²) in [4.78, 5) is 3.90. The van der Waals surface area contributed by atoms with E-state index in [1.807, 2.05) is 0 Å². The predicted molar refractivity (Wildman–Crippen MR) is 51.8 cm³/mol. The number of aromatic nitrogens is 1. The quantitative estimate of drug-likeness (QED) is 0.799. The smallest absolute Gasteiger partial charge is 0.248 e. The average Bonchev–Trinajstić information content (AvgIpc) is 2.59. The highest BCUT2D eigenvalue weighted by atomic mass is 19.3. The maximum atomic E-state index is 12.9. The Morgan fingerprint density at radius 2 is 2.06 bits per heavy atom. The number of oxazole rings is 1. The SMILES string of the molecule is N#Cc1nc(C2CCC(F)(F)CC2)oc1N. The zero-order valence-electron chi connectivity index (χ0n) is 8.54. The van der Waals surface area contributed by atoms with E-state index >= 15 is 0 Å². The van der Waals surface area contributed by atoms with Crippen molar-refractivity contribution >= 4 is 5.88 Å². The van der Waals surface area contributed by atoms with Gasteiger partial charge < -0.3 is 10.2 Å². The number of alkyl halides is 2. The molecule has 2 rings (SSSR count). The summed E-state index contributed by atoms with van der Waals surface area (Å²) >= 11 is 0. The maximum absolute atomic E-state index is 12.9. The van der Waals surface area contributed by atoms with Crippen molar-refractivity contribution in [2.45, 2.75) is 37.5 Å². The molecule has 0 unspecified atom stereocenters. The number of halogens is 2. The summed E-state index contributed by atoms with van der Waals surface area (Å²) < 4.78 is 30.9. The van der Waals surface area contributed by atoms with E-state index in [0.717, 1.165) is 0 Å². The molecule has 1 aromatic rings. The molecule has 0 radical (unpaired) electrons. The lowest BCUT2D eigenvalue weighted by Gasteiger charge is -2.26. The number of nitrogen functional groups attached to an aromatic ring is 1. The highest BCUT2D eigenvalue weighted by Gasteiger charge is 2.37. The van der Waals surface area contributed by atoms with Crippen molar-refractivity contribution in [1.82, 2.24) is 4.98 Å². The van der Waals surface area contributed by atoms with E-state index in [-0.39, 0.29) is 30.3 Å². The highest BCUT2D eigenvalue weighted by molar-refractivity contribution is 5.40. The third-order valence-corrected chi connectivity index (χ3v) is 2.84. The van der Waals surface area contributed by atoms with Gasteiger partial charge in [0.1, 0.15) is 6.07 Å². The van der Waals surface area contributed by atoms with Crippen LogP contribution in [0.25, 0.3) is 0 Å². The van der Waals surface area contributed by atoms with Gasteiger partial charge in [0.15, 0.2) is 0 Å². The number of hydrogen-bond donors (Lipinski definition) is 1. The molecule has 6 heteroatoms. The molecule has 4 nitrogen and oxygen atoms in total. The molecular weight excluding hydrogens is 216 g/mol. The minimum absolute atomic E-state index is 0.0326. The summed E-state index contributed by atoms with van der Waals surface area (Å²) in [5, 5.41) is 8.64. The molecule has 2 N–H and O–H groups in total. The molecule has 0 bridgehead atoms. The van der Waals surface area contributed by atoms with Crippen LogP contribution in [0.15, 0.2) is 4.42 Å². The molecule has 1 heterocycles. The van der Waals surface area contributed by atoms with Crippen molar-refractivity contribution in [1.29, 1.82) is 5.26 Å².